The number of hydrogen-bond acceptors (Lipinski definition) is 4. The van der Waals surface area contributed by atoms with Gasteiger partial charge in [-0.1, -0.05) is 24.3 Å². The van der Waals surface area contributed by atoms with Gasteiger partial charge >= 0.3 is 6.09 Å². The van der Waals surface area contributed by atoms with Gasteiger partial charge in [-0.05, 0) is 89.4 Å². The molecule has 1 aromatic rings. The standard InChI is InChI=1S/C25H37N3O3/c1-25(2,3)31-24(30)26-22(18-10-12-21(13-11-18)27-14-6-7-15-27)23(29)28-16-19-8-4-5-9-20(19)17-28/h4-5,8-9,18,21-22H,6-7,10-17H2,1-3H3,(H,26,30)/t18?,21?,22-/m0/s1. The van der Waals surface area contributed by atoms with E-state index in [0.29, 0.717) is 19.1 Å². The Balaban J connectivity index is 1.44. The lowest BCUT2D eigenvalue weighted by Gasteiger charge is -2.38. The molecule has 1 aromatic carbocycles. The summed E-state index contributed by atoms with van der Waals surface area (Å²) in [5.41, 5.74) is 1.81. The fraction of sp³-hybridized carbons (Fsp3) is 0.680. The van der Waals surface area contributed by atoms with Crippen LogP contribution in [0.15, 0.2) is 24.3 Å². The van der Waals surface area contributed by atoms with Gasteiger partial charge in [0.25, 0.3) is 0 Å². The van der Waals surface area contributed by atoms with Crippen molar-refractivity contribution in [1.29, 1.82) is 0 Å². The SMILES string of the molecule is CC(C)(C)OC(=O)N[C@H](C(=O)N1Cc2ccccc2C1)C1CCC(N2CCCC2)CC1. The molecule has 1 N–H and O–H groups in total. The topological polar surface area (TPSA) is 61.9 Å². The van der Waals surface area contributed by atoms with Gasteiger partial charge < -0.3 is 19.9 Å². The Hall–Kier alpha value is -2.08. The molecule has 1 saturated heterocycles. The fourth-order valence-corrected chi connectivity index (χ4v) is 5.41. The third-order valence-electron chi connectivity index (χ3n) is 6.96. The Morgan fingerprint density at radius 3 is 2.13 bits per heavy atom. The van der Waals surface area contributed by atoms with Crippen LogP contribution < -0.4 is 5.32 Å². The van der Waals surface area contributed by atoms with Crippen molar-refractivity contribution in [3.05, 3.63) is 35.4 Å². The molecule has 2 heterocycles. The van der Waals surface area contributed by atoms with E-state index < -0.39 is 17.7 Å². The number of rotatable bonds is 4. The molecule has 6 heteroatoms. The molecular formula is C25H37N3O3. The van der Waals surface area contributed by atoms with Crippen LogP contribution in [0.5, 0.6) is 0 Å². The molecule has 3 aliphatic rings. The van der Waals surface area contributed by atoms with Crippen molar-refractivity contribution >= 4 is 12.0 Å². The molecule has 1 aliphatic carbocycles. The van der Waals surface area contributed by atoms with Crippen LogP contribution in [0.3, 0.4) is 0 Å². The van der Waals surface area contributed by atoms with E-state index in [9.17, 15) is 9.59 Å². The first-order valence-electron chi connectivity index (χ1n) is 11.9. The molecular weight excluding hydrogens is 390 g/mol. The second-order valence-electron chi connectivity index (χ2n) is 10.4. The van der Waals surface area contributed by atoms with Crippen LogP contribution in [0, 0.1) is 5.92 Å². The molecule has 0 radical (unpaired) electrons. The highest BCUT2D eigenvalue weighted by atomic mass is 16.6. The number of likely N-dealkylation sites (tertiary alicyclic amines) is 1. The second-order valence-corrected chi connectivity index (χ2v) is 10.4. The van der Waals surface area contributed by atoms with Crippen molar-refractivity contribution < 1.29 is 14.3 Å². The van der Waals surface area contributed by atoms with Crippen LogP contribution in [-0.2, 0) is 22.6 Å². The Morgan fingerprint density at radius 1 is 1.00 bits per heavy atom. The molecule has 1 atom stereocenters. The first kappa shape index (κ1) is 22.1. The molecule has 4 rings (SSSR count). The number of alkyl carbamates (subject to hydrolysis) is 1. The molecule has 2 aliphatic heterocycles. The number of benzene rings is 1. The lowest BCUT2D eigenvalue weighted by Crippen LogP contribution is -2.53. The van der Waals surface area contributed by atoms with Crippen LogP contribution >= 0.6 is 0 Å². The van der Waals surface area contributed by atoms with Gasteiger partial charge in [-0.25, -0.2) is 4.79 Å². The Kier molecular flexibility index (Phi) is 6.56. The van der Waals surface area contributed by atoms with Crippen molar-refractivity contribution in [2.24, 2.45) is 5.92 Å². The number of nitrogens with zero attached hydrogens (tertiary/aromatic N) is 2. The molecule has 2 amide bonds. The Bertz CT molecular complexity index is 764. The molecule has 0 unspecified atom stereocenters. The van der Waals surface area contributed by atoms with E-state index in [4.69, 9.17) is 4.74 Å². The van der Waals surface area contributed by atoms with Crippen molar-refractivity contribution in [3.8, 4) is 0 Å². The van der Waals surface area contributed by atoms with Crippen LogP contribution in [0.2, 0.25) is 0 Å². The van der Waals surface area contributed by atoms with E-state index in [1.807, 2.05) is 37.8 Å². The lowest BCUT2D eigenvalue weighted by atomic mass is 9.80. The maximum Gasteiger partial charge on any atom is 0.408 e. The Labute approximate surface area is 186 Å². The highest BCUT2D eigenvalue weighted by Crippen LogP contribution is 2.33. The largest absolute Gasteiger partial charge is 0.444 e. The minimum atomic E-state index is -0.588. The van der Waals surface area contributed by atoms with Crippen molar-refractivity contribution in [1.82, 2.24) is 15.1 Å². The van der Waals surface area contributed by atoms with Crippen molar-refractivity contribution in [2.45, 2.75) is 90.1 Å². The average molecular weight is 428 g/mol. The van der Waals surface area contributed by atoms with Gasteiger partial charge in [-0.15, -0.1) is 0 Å². The summed E-state index contributed by atoms with van der Waals surface area (Å²) in [6, 6.07) is 8.31. The molecule has 2 fully saturated rings. The van der Waals surface area contributed by atoms with E-state index in [2.05, 4.69) is 22.3 Å². The smallest absolute Gasteiger partial charge is 0.408 e. The summed E-state index contributed by atoms with van der Waals surface area (Å²) in [5.74, 6) is 0.175. The molecule has 31 heavy (non-hydrogen) atoms. The summed E-state index contributed by atoms with van der Waals surface area (Å²) in [5, 5.41) is 2.97. The normalized spacial score (nSPS) is 25.2. The molecule has 1 saturated carbocycles. The fourth-order valence-electron chi connectivity index (χ4n) is 5.41. The predicted molar refractivity (Wildman–Crippen MR) is 120 cm³/mol. The zero-order valence-electron chi connectivity index (χ0n) is 19.2. The van der Waals surface area contributed by atoms with Crippen LogP contribution in [0.1, 0.15) is 70.4 Å². The number of carbonyl (C=O) groups excluding carboxylic acids is 2. The summed E-state index contributed by atoms with van der Waals surface area (Å²) >= 11 is 0. The third kappa shape index (κ3) is 5.40. The van der Waals surface area contributed by atoms with E-state index in [1.54, 1.807) is 0 Å². The number of ether oxygens (including phenoxy) is 1. The van der Waals surface area contributed by atoms with Gasteiger partial charge in [0.2, 0.25) is 5.91 Å². The van der Waals surface area contributed by atoms with E-state index in [-0.39, 0.29) is 11.8 Å². The van der Waals surface area contributed by atoms with Crippen LogP contribution in [-0.4, -0.2) is 52.6 Å². The quantitative estimate of drug-likeness (QED) is 0.787. The van der Waals surface area contributed by atoms with Gasteiger partial charge in [-0.3, -0.25) is 4.79 Å². The summed E-state index contributed by atoms with van der Waals surface area (Å²) < 4.78 is 5.51. The van der Waals surface area contributed by atoms with Gasteiger partial charge in [0.05, 0.1) is 0 Å². The van der Waals surface area contributed by atoms with Crippen molar-refractivity contribution in [3.63, 3.8) is 0 Å². The minimum absolute atomic E-state index is 0.0201. The average Bonchev–Trinajstić information content (AvgIpc) is 3.40. The van der Waals surface area contributed by atoms with E-state index in [0.717, 1.165) is 25.7 Å². The molecule has 0 aromatic heterocycles. The summed E-state index contributed by atoms with van der Waals surface area (Å²) in [6.45, 7) is 9.19. The van der Waals surface area contributed by atoms with Crippen molar-refractivity contribution in [2.75, 3.05) is 13.1 Å². The predicted octanol–water partition coefficient (Wildman–Crippen LogP) is 4.08. The maximum atomic E-state index is 13.6. The van der Waals surface area contributed by atoms with Gasteiger partial charge in [0.1, 0.15) is 11.6 Å². The van der Waals surface area contributed by atoms with E-state index in [1.165, 1.54) is 37.1 Å². The van der Waals surface area contributed by atoms with Crippen LogP contribution in [0.25, 0.3) is 0 Å². The molecule has 6 nitrogen and oxygen atoms in total. The monoisotopic (exact) mass is 427 g/mol. The van der Waals surface area contributed by atoms with Gasteiger partial charge in [0.15, 0.2) is 0 Å². The number of carbonyl (C=O) groups is 2. The minimum Gasteiger partial charge on any atom is -0.444 e. The first-order valence-corrected chi connectivity index (χ1v) is 11.9. The number of amides is 2. The first-order chi connectivity index (χ1) is 14.8. The Morgan fingerprint density at radius 2 is 1.58 bits per heavy atom. The third-order valence-corrected chi connectivity index (χ3v) is 6.96. The summed E-state index contributed by atoms with van der Waals surface area (Å²) in [4.78, 5) is 30.7. The highest BCUT2D eigenvalue weighted by Gasteiger charge is 2.39. The highest BCUT2D eigenvalue weighted by molar-refractivity contribution is 5.86. The van der Waals surface area contributed by atoms with E-state index >= 15 is 0 Å². The molecule has 0 bridgehead atoms. The van der Waals surface area contributed by atoms with Gasteiger partial charge in [0, 0.05) is 19.1 Å². The second kappa shape index (κ2) is 9.19. The summed E-state index contributed by atoms with van der Waals surface area (Å²) in [6.07, 6.45) is 6.25. The van der Waals surface area contributed by atoms with Gasteiger partial charge in [-0.2, -0.15) is 0 Å². The number of fused-ring (bicyclic) bond motifs is 1. The zero-order valence-corrected chi connectivity index (χ0v) is 19.2. The molecule has 0 spiro atoms. The number of nitrogens with one attached hydrogen (secondary N) is 1. The summed E-state index contributed by atoms with van der Waals surface area (Å²) in [7, 11) is 0. The van der Waals surface area contributed by atoms with Crippen LogP contribution in [0.4, 0.5) is 4.79 Å². The zero-order chi connectivity index (χ0) is 22.0. The number of hydrogen-bond donors (Lipinski definition) is 1. The molecule has 170 valence electrons. The lowest BCUT2D eigenvalue weighted by molar-refractivity contribution is -0.136. The maximum absolute atomic E-state index is 13.6.